The largest absolute Gasteiger partial charge is 0.322 e. The highest BCUT2D eigenvalue weighted by Gasteiger charge is 2.38. The van der Waals surface area contributed by atoms with Crippen LogP contribution in [0.25, 0.3) is 0 Å². The average Bonchev–Trinajstić information content (AvgIpc) is 2.80. The molecular formula is C15H12N4O3S. The second-order valence-corrected chi connectivity index (χ2v) is 5.49. The maximum absolute atomic E-state index is 12.1. The lowest BCUT2D eigenvalue weighted by molar-refractivity contribution is -0.478. The van der Waals surface area contributed by atoms with Crippen LogP contribution in [0.1, 0.15) is 28.8 Å². The van der Waals surface area contributed by atoms with Gasteiger partial charge in [-0.05, 0) is 35.9 Å². The molecule has 0 saturated heterocycles. The first kappa shape index (κ1) is 15.0. The molecule has 1 aliphatic rings. The molecular weight excluding hydrogens is 316 g/mol. The number of amides is 1. The fraction of sp³-hybridized carbons (Fsp3) is 0.133. The molecule has 2 aromatic rings. The van der Waals surface area contributed by atoms with Crippen LogP contribution in [0, 0.1) is 10.1 Å². The van der Waals surface area contributed by atoms with E-state index in [1.54, 1.807) is 37.3 Å². The van der Waals surface area contributed by atoms with Crippen molar-refractivity contribution < 1.29 is 9.83 Å². The van der Waals surface area contributed by atoms with Crippen LogP contribution >= 0.6 is 12.2 Å². The minimum absolute atomic E-state index is 0.239. The summed E-state index contributed by atoms with van der Waals surface area (Å²) in [5.41, 5.74) is 2.20. The number of pyridine rings is 1. The smallest absolute Gasteiger partial charge is 0.255 e. The number of benzene rings is 1. The van der Waals surface area contributed by atoms with Gasteiger partial charge in [0.05, 0.1) is 0 Å². The average molecular weight is 328 g/mol. The van der Waals surface area contributed by atoms with Crippen molar-refractivity contribution in [3.63, 3.8) is 0 Å². The van der Waals surface area contributed by atoms with Crippen molar-refractivity contribution in [3.05, 3.63) is 64.0 Å². The number of nitrogens with zero attached hydrogens (tertiary/aromatic N) is 3. The number of nitro groups is 1. The van der Waals surface area contributed by atoms with Crippen LogP contribution in [0.4, 0.5) is 11.4 Å². The molecule has 0 saturated carbocycles. The van der Waals surface area contributed by atoms with E-state index in [2.05, 4.69) is 10.3 Å². The fourth-order valence-electron chi connectivity index (χ4n) is 2.48. The van der Waals surface area contributed by atoms with E-state index in [-0.39, 0.29) is 16.8 Å². The number of carbonyl (C=O) groups excluding carboxylic acids is 1. The first-order valence-corrected chi connectivity index (χ1v) is 7.23. The van der Waals surface area contributed by atoms with Crippen molar-refractivity contribution in [1.82, 2.24) is 4.98 Å². The molecule has 8 heteroatoms. The van der Waals surface area contributed by atoms with Gasteiger partial charge in [0.1, 0.15) is 5.69 Å². The van der Waals surface area contributed by atoms with Gasteiger partial charge in [-0.15, -0.1) is 0 Å². The molecule has 1 aromatic carbocycles. The number of hydrogen-bond donors (Lipinski definition) is 1. The number of thiocarbonyl (C=S) groups is 1. The van der Waals surface area contributed by atoms with Crippen LogP contribution in [0.15, 0.2) is 42.7 Å². The number of anilines is 2. The van der Waals surface area contributed by atoms with Crippen LogP contribution < -0.4 is 10.3 Å². The molecule has 1 aromatic heterocycles. The maximum atomic E-state index is 12.1. The van der Waals surface area contributed by atoms with E-state index >= 15 is 0 Å². The zero-order chi connectivity index (χ0) is 16.6. The Hall–Kier alpha value is -2.87. The Labute approximate surface area is 137 Å². The van der Waals surface area contributed by atoms with E-state index in [9.17, 15) is 14.9 Å². The summed E-state index contributed by atoms with van der Waals surface area (Å²) in [5, 5.41) is 14.3. The molecule has 1 unspecified atom stereocenters. The molecule has 1 aliphatic heterocycles. The lowest BCUT2D eigenvalue weighted by Crippen LogP contribution is -2.32. The number of hydrazine groups is 1. The van der Waals surface area contributed by atoms with E-state index in [0.717, 1.165) is 10.6 Å². The van der Waals surface area contributed by atoms with Gasteiger partial charge in [-0.1, -0.05) is 24.2 Å². The van der Waals surface area contributed by atoms with Crippen molar-refractivity contribution in [1.29, 1.82) is 0 Å². The quantitative estimate of drug-likeness (QED) is 0.529. The van der Waals surface area contributed by atoms with Crippen molar-refractivity contribution >= 4 is 34.5 Å². The molecule has 0 radical (unpaired) electrons. The lowest BCUT2D eigenvalue weighted by atomic mass is 10.0. The van der Waals surface area contributed by atoms with Crippen molar-refractivity contribution in [2.24, 2.45) is 0 Å². The summed E-state index contributed by atoms with van der Waals surface area (Å²) < 4.78 is 0. The topological polar surface area (TPSA) is 88.4 Å². The summed E-state index contributed by atoms with van der Waals surface area (Å²) >= 11 is 5.14. The normalized spacial score (nSPS) is 16.1. The number of aromatic nitrogens is 1. The Bertz CT molecular complexity index is 810. The van der Waals surface area contributed by atoms with E-state index in [4.69, 9.17) is 12.2 Å². The Balaban J connectivity index is 1.89. The van der Waals surface area contributed by atoms with Crippen LogP contribution in [-0.2, 0) is 0 Å². The number of nitrogens with one attached hydrogen (secondary N) is 1. The number of fused-ring (bicyclic) bond motifs is 1. The van der Waals surface area contributed by atoms with Gasteiger partial charge in [-0.25, -0.2) is 10.1 Å². The highest BCUT2D eigenvalue weighted by atomic mass is 32.1. The fourth-order valence-corrected chi connectivity index (χ4v) is 2.77. The molecule has 0 bridgehead atoms. The summed E-state index contributed by atoms with van der Waals surface area (Å²) in [6.07, 6.45) is 3.07. The third kappa shape index (κ3) is 2.64. The monoisotopic (exact) mass is 328 g/mol. The first-order valence-electron chi connectivity index (χ1n) is 6.82. The molecule has 23 heavy (non-hydrogen) atoms. The molecule has 3 rings (SSSR count). The molecule has 0 aliphatic carbocycles. The molecule has 0 fully saturated rings. The Morgan fingerprint density at radius 2 is 2.04 bits per heavy atom. The first-order chi connectivity index (χ1) is 11.0. The number of rotatable bonds is 3. The van der Waals surface area contributed by atoms with E-state index in [0.29, 0.717) is 16.9 Å². The Kier molecular flexibility index (Phi) is 3.75. The van der Waals surface area contributed by atoms with Gasteiger partial charge in [0, 0.05) is 29.6 Å². The maximum Gasteiger partial charge on any atom is 0.255 e. The third-order valence-electron chi connectivity index (χ3n) is 3.67. The van der Waals surface area contributed by atoms with Gasteiger partial charge in [0.25, 0.3) is 5.91 Å². The zero-order valence-electron chi connectivity index (χ0n) is 12.1. The molecule has 116 valence electrons. The van der Waals surface area contributed by atoms with Crippen molar-refractivity contribution in [3.8, 4) is 0 Å². The predicted octanol–water partition coefficient (Wildman–Crippen LogP) is 2.78. The minimum atomic E-state index is -0.528. The molecule has 2 heterocycles. The zero-order valence-corrected chi connectivity index (χ0v) is 12.9. The van der Waals surface area contributed by atoms with E-state index in [1.165, 1.54) is 12.4 Å². The molecule has 1 amide bonds. The van der Waals surface area contributed by atoms with Gasteiger partial charge in [0.2, 0.25) is 0 Å². The standard InChI is InChI=1S/C15H12N4O3S/c1-9-12-8-11(17-14(20)10-4-6-16-7-5-10)2-3-13(12)18(15(9)23)19(21)22/h2-9H,1H3,(H,17,20). The van der Waals surface area contributed by atoms with Crippen molar-refractivity contribution in [2.45, 2.75) is 12.8 Å². The van der Waals surface area contributed by atoms with Gasteiger partial charge >= 0.3 is 0 Å². The third-order valence-corrected chi connectivity index (χ3v) is 4.19. The Morgan fingerprint density at radius 3 is 2.70 bits per heavy atom. The second kappa shape index (κ2) is 5.73. The van der Waals surface area contributed by atoms with Crippen molar-refractivity contribution in [2.75, 3.05) is 10.3 Å². The van der Waals surface area contributed by atoms with Crippen LogP contribution in [0.3, 0.4) is 0 Å². The summed E-state index contributed by atoms with van der Waals surface area (Å²) in [6.45, 7) is 1.80. The van der Waals surface area contributed by atoms with E-state index < -0.39 is 5.03 Å². The summed E-state index contributed by atoms with van der Waals surface area (Å²) in [7, 11) is 0. The van der Waals surface area contributed by atoms with Gasteiger partial charge in [0.15, 0.2) is 10.0 Å². The number of carbonyl (C=O) groups is 1. The highest BCUT2D eigenvalue weighted by molar-refractivity contribution is 7.80. The predicted molar refractivity (Wildman–Crippen MR) is 89.1 cm³/mol. The minimum Gasteiger partial charge on any atom is -0.322 e. The molecule has 1 atom stereocenters. The molecule has 1 N–H and O–H groups in total. The van der Waals surface area contributed by atoms with E-state index in [1.807, 2.05) is 0 Å². The number of hydrogen-bond acceptors (Lipinski definition) is 5. The lowest BCUT2D eigenvalue weighted by Gasteiger charge is -2.09. The molecule has 7 nitrogen and oxygen atoms in total. The Morgan fingerprint density at radius 1 is 1.35 bits per heavy atom. The molecule has 0 spiro atoms. The van der Waals surface area contributed by atoms with Crippen LogP contribution in [-0.4, -0.2) is 20.9 Å². The van der Waals surface area contributed by atoms with Gasteiger partial charge < -0.3 is 5.32 Å². The summed E-state index contributed by atoms with van der Waals surface area (Å²) in [6, 6.07) is 8.14. The van der Waals surface area contributed by atoms with Crippen LogP contribution in [0.2, 0.25) is 0 Å². The SMILES string of the molecule is CC1C(=S)N([N+](=O)[O-])c2ccc(NC(=O)c3ccncc3)cc21. The van der Waals surface area contributed by atoms with Gasteiger partial charge in [-0.2, -0.15) is 0 Å². The highest BCUT2D eigenvalue weighted by Crippen LogP contribution is 2.39. The summed E-state index contributed by atoms with van der Waals surface area (Å²) in [4.78, 5) is 27.4. The van der Waals surface area contributed by atoms with Crippen LogP contribution in [0.5, 0.6) is 0 Å². The summed E-state index contributed by atoms with van der Waals surface area (Å²) in [5.74, 6) is -0.533. The second-order valence-electron chi connectivity index (χ2n) is 5.07. The van der Waals surface area contributed by atoms with Gasteiger partial charge in [-0.3, -0.25) is 9.78 Å².